The normalized spacial score (nSPS) is 44.7. The Morgan fingerprint density at radius 2 is 2.30 bits per heavy atom. The summed E-state index contributed by atoms with van der Waals surface area (Å²) in [5.41, 5.74) is 0. The monoisotopic (exact) mass is 139 g/mol. The Kier molecular flexibility index (Phi) is 1.69. The minimum atomic E-state index is 0.892. The smallest absolute Gasteiger partial charge is 0.00979 e. The number of nitrogens with one attached hydrogen (secondary N) is 1. The van der Waals surface area contributed by atoms with Gasteiger partial charge in [0.15, 0.2) is 0 Å². The molecule has 3 atom stereocenters. The van der Waals surface area contributed by atoms with E-state index in [1.54, 1.807) is 0 Å². The lowest BCUT2D eigenvalue weighted by atomic mass is 9.95. The van der Waals surface area contributed by atoms with E-state index in [1.165, 1.54) is 25.7 Å². The van der Waals surface area contributed by atoms with Crippen LogP contribution in [0.5, 0.6) is 0 Å². The van der Waals surface area contributed by atoms with Crippen LogP contribution in [-0.4, -0.2) is 12.6 Å². The Bertz CT molecular complexity index is 120. The van der Waals surface area contributed by atoms with Crippen molar-refractivity contribution in [3.8, 4) is 0 Å². The summed E-state index contributed by atoms with van der Waals surface area (Å²) in [6, 6.07) is 0.892. The van der Waals surface area contributed by atoms with E-state index in [0.717, 1.165) is 24.4 Å². The molecule has 2 fully saturated rings. The molecule has 0 aliphatic heterocycles. The summed E-state index contributed by atoms with van der Waals surface area (Å²) in [6.07, 6.45) is 5.96. The van der Waals surface area contributed by atoms with Crippen LogP contribution >= 0.6 is 0 Å². The molecule has 0 spiro atoms. The highest BCUT2D eigenvalue weighted by Crippen LogP contribution is 2.49. The molecule has 2 rings (SSSR count). The molecule has 58 valence electrons. The molecule has 1 N–H and O–H groups in total. The van der Waals surface area contributed by atoms with Gasteiger partial charge in [-0.05, 0) is 31.2 Å². The molecular formula is C9H17N. The summed E-state index contributed by atoms with van der Waals surface area (Å²) in [4.78, 5) is 0. The number of rotatable bonds is 2. The van der Waals surface area contributed by atoms with Crippen LogP contribution in [0.3, 0.4) is 0 Å². The molecule has 1 nitrogen and oxygen atoms in total. The fraction of sp³-hybridized carbons (Fsp3) is 1.00. The summed E-state index contributed by atoms with van der Waals surface area (Å²) in [5.74, 6) is 2.20. The van der Waals surface area contributed by atoms with Gasteiger partial charge in [-0.1, -0.05) is 19.8 Å². The molecule has 2 aliphatic rings. The van der Waals surface area contributed by atoms with E-state index >= 15 is 0 Å². The molecule has 0 heterocycles. The van der Waals surface area contributed by atoms with Crippen LogP contribution in [-0.2, 0) is 0 Å². The summed E-state index contributed by atoms with van der Waals surface area (Å²) in [5, 5.41) is 3.58. The van der Waals surface area contributed by atoms with Crippen molar-refractivity contribution >= 4 is 0 Å². The van der Waals surface area contributed by atoms with Crippen LogP contribution in [0.25, 0.3) is 0 Å². The minimum Gasteiger partial charge on any atom is -0.314 e. The van der Waals surface area contributed by atoms with Crippen LogP contribution in [0.1, 0.15) is 32.6 Å². The molecule has 0 radical (unpaired) electrons. The molecule has 2 aliphatic carbocycles. The van der Waals surface area contributed by atoms with Crippen molar-refractivity contribution in [2.45, 2.75) is 38.6 Å². The van der Waals surface area contributed by atoms with Crippen LogP contribution in [0.2, 0.25) is 0 Å². The quantitative estimate of drug-likeness (QED) is 0.615. The number of hydrogen-bond acceptors (Lipinski definition) is 1. The Labute approximate surface area is 63.2 Å². The molecule has 3 unspecified atom stereocenters. The first-order chi connectivity index (χ1) is 4.92. The van der Waals surface area contributed by atoms with Gasteiger partial charge in [0.2, 0.25) is 0 Å². The molecule has 0 bridgehead atoms. The molecule has 0 aromatic carbocycles. The fourth-order valence-electron chi connectivity index (χ4n) is 2.43. The van der Waals surface area contributed by atoms with Crippen molar-refractivity contribution in [3.63, 3.8) is 0 Å². The standard InChI is InChI=1S/C9H17N/c1-2-10-9-5-3-4-7-6-8(7)9/h7-10H,2-6H2,1H3. The van der Waals surface area contributed by atoms with E-state index in [1.807, 2.05) is 0 Å². The zero-order chi connectivity index (χ0) is 6.97. The van der Waals surface area contributed by atoms with Crippen molar-refractivity contribution in [3.05, 3.63) is 0 Å². The lowest BCUT2D eigenvalue weighted by Crippen LogP contribution is -2.33. The van der Waals surface area contributed by atoms with Crippen molar-refractivity contribution < 1.29 is 0 Å². The highest BCUT2D eigenvalue weighted by atomic mass is 14.9. The van der Waals surface area contributed by atoms with Gasteiger partial charge in [0, 0.05) is 6.04 Å². The van der Waals surface area contributed by atoms with Gasteiger partial charge >= 0.3 is 0 Å². The second kappa shape index (κ2) is 2.54. The van der Waals surface area contributed by atoms with Gasteiger partial charge in [0.25, 0.3) is 0 Å². The maximum Gasteiger partial charge on any atom is 0.00979 e. The lowest BCUT2D eigenvalue weighted by molar-refractivity contribution is 0.360. The second-order valence-electron chi connectivity index (χ2n) is 3.75. The highest BCUT2D eigenvalue weighted by molar-refractivity contribution is 4.97. The molecule has 10 heavy (non-hydrogen) atoms. The van der Waals surface area contributed by atoms with Crippen LogP contribution < -0.4 is 5.32 Å². The van der Waals surface area contributed by atoms with E-state index in [-0.39, 0.29) is 0 Å². The SMILES string of the molecule is CCNC1CCCC2CC21. The Balaban J connectivity index is 1.84. The first-order valence-corrected chi connectivity index (χ1v) is 4.65. The average molecular weight is 139 g/mol. The Morgan fingerprint density at radius 1 is 1.40 bits per heavy atom. The van der Waals surface area contributed by atoms with Crippen molar-refractivity contribution in [1.82, 2.24) is 5.32 Å². The second-order valence-corrected chi connectivity index (χ2v) is 3.75. The number of hydrogen-bond donors (Lipinski definition) is 1. The summed E-state index contributed by atoms with van der Waals surface area (Å²) in [7, 11) is 0. The third kappa shape index (κ3) is 1.07. The number of fused-ring (bicyclic) bond motifs is 1. The van der Waals surface area contributed by atoms with Gasteiger partial charge in [-0.15, -0.1) is 0 Å². The van der Waals surface area contributed by atoms with E-state index < -0.39 is 0 Å². The van der Waals surface area contributed by atoms with Gasteiger partial charge in [-0.2, -0.15) is 0 Å². The molecule has 2 saturated carbocycles. The maximum atomic E-state index is 3.58. The van der Waals surface area contributed by atoms with Gasteiger partial charge in [-0.3, -0.25) is 0 Å². The minimum absolute atomic E-state index is 0.892. The van der Waals surface area contributed by atoms with Crippen LogP contribution in [0, 0.1) is 11.8 Å². The average Bonchev–Trinajstić information content (AvgIpc) is 2.67. The topological polar surface area (TPSA) is 12.0 Å². The first kappa shape index (κ1) is 6.66. The molecule has 0 amide bonds. The predicted molar refractivity (Wildman–Crippen MR) is 42.9 cm³/mol. The Morgan fingerprint density at radius 3 is 3.10 bits per heavy atom. The summed E-state index contributed by atoms with van der Waals surface area (Å²) >= 11 is 0. The summed E-state index contributed by atoms with van der Waals surface area (Å²) < 4.78 is 0. The van der Waals surface area contributed by atoms with Crippen molar-refractivity contribution in [2.75, 3.05) is 6.54 Å². The van der Waals surface area contributed by atoms with E-state index in [4.69, 9.17) is 0 Å². The highest BCUT2D eigenvalue weighted by Gasteiger charge is 2.44. The van der Waals surface area contributed by atoms with Gasteiger partial charge < -0.3 is 5.32 Å². The van der Waals surface area contributed by atoms with Gasteiger partial charge in [-0.25, -0.2) is 0 Å². The fourth-order valence-corrected chi connectivity index (χ4v) is 2.43. The van der Waals surface area contributed by atoms with E-state index in [9.17, 15) is 0 Å². The van der Waals surface area contributed by atoms with Crippen molar-refractivity contribution in [1.29, 1.82) is 0 Å². The van der Waals surface area contributed by atoms with Gasteiger partial charge in [0.1, 0.15) is 0 Å². The lowest BCUT2D eigenvalue weighted by Gasteiger charge is -2.21. The van der Waals surface area contributed by atoms with E-state index in [0.29, 0.717) is 0 Å². The summed E-state index contributed by atoms with van der Waals surface area (Å²) in [6.45, 7) is 3.37. The maximum absolute atomic E-state index is 3.58. The zero-order valence-electron chi connectivity index (χ0n) is 6.77. The Hall–Kier alpha value is -0.0400. The third-order valence-electron chi connectivity index (χ3n) is 3.05. The van der Waals surface area contributed by atoms with Crippen molar-refractivity contribution in [2.24, 2.45) is 11.8 Å². The van der Waals surface area contributed by atoms with Gasteiger partial charge in [0.05, 0.1) is 0 Å². The van der Waals surface area contributed by atoms with E-state index in [2.05, 4.69) is 12.2 Å². The van der Waals surface area contributed by atoms with Crippen LogP contribution in [0.15, 0.2) is 0 Å². The molecule has 0 aromatic rings. The largest absolute Gasteiger partial charge is 0.314 e. The molecular weight excluding hydrogens is 122 g/mol. The zero-order valence-corrected chi connectivity index (χ0v) is 6.77. The first-order valence-electron chi connectivity index (χ1n) is 4.65. The molecule has 0 aromatic heterocycles. The molecule has 1 heteroatoms. The third-order valence-corrected chi connectivity index (χ3v) is 3.05. The van der Waals surface area contributed by atoms with Crippen LogP contribution in [0.4, 0.5) is 0 Å². The molecule has 0 saturated heterocycles. The predicted octanol–water partition coefficient (Wildman–Crippen LogP) is 1.78.